The third kappa shape index (κ3) is 1.90. The number of rotatable bonds is 3. The van der Waals surface area contributed by atoms with Crippen molar-refractivity contribution in [3.63, 3.8) is 0 Å². The molecule has 2 aliphatic carbocycles. The fraction of sp³-hybridized carbons (Fsp3) is 0.750. The van der Waals surface area contributed by atoms with E-state index in [1.165, 1.54) is 6.42 Å². The molecule has 6 heteroatoms. The molecule has 1 aromatic rings. The molecule has 3 rings (SSSR count). The minimum atomic E-state index is -0.0345. The lowest BCUT2D eigenvalue weighted by Gasteiger charge is -2.26. The molecular weight excluding hydrogens is 232 g/mol. The van der Waals surface area contributed by atoms with Crippen molar-refractivity contribution in [2.24, 2.45) is 23.5 Å². The topological polar surface area (TPSA) is 94.0 Å². The summed E-state index contributed by atoms with van der Waals surface area (Å²) in [6.07, 6.45) is 3.42. The molecule has 2 aliphatic rings. The molecule has 0 aliphatic heterocycles. The van der Waals surface area contributed by atoms with Crippen LogP contribution in [0.4, 0.5) is 0 Å². The van der Waals surface area contributed by atoms with Crippen molar-refractivity contribution in [2.75, 3.05) is 0 Å². The number of aromatic nitrogens is 2. The SMILES string of the molecule is Cc1noc(CNC(=O)C2C3CCC(C3)C2N)n1. The monoisotopic (exact) mass is 250 g/mol. The molecule has 4 unspecified atom stereocenters. The number of nitrogens with two attached hydrogens (primary N) is 1. The summed E-state index contributed by atoms with van der Waals surface area (Å²) in [5.74, 6) is 2.03. The van der Waals surface area contributed by atoms with Crippen molar-refractivity contribution in [2.45, 2.75) is 38.8 Å². The average Bonchev–Trinajstić information content (AvgIpc) is 3.02. The van der Waals surface area contributed by atoms with E-state index in [-0.39, 0.29) is 17.9 Å². The van der Waals surface area contributed by atoms with Gasteiger partial charge < -0.3 is 15.6 Å². The van der Waals surface area contributed by atoms with Crippen LogP contribution in [-0.2, 0) is 11.3 Å². The van der Waals surface area contributed by atoms with Gasteiger partial charge in [-0.2, -0.15) is 4.98 Å². The average molecular weight is 250 g/mol. The van der Waals surface area contributed by atoms with Gasteiger partial charge in [-0.15, -0.1) is 0 Å². The first-order valence-corrected chi connectivity index (χ1v) is 6.47. The maximum atomic E-state index is 12.1. The summed E-state index contributed by atoms with van der Waals surface area (Å²) in [4.78, 5) is 16.2. The zero-order valence-electron chi connectivity index (χ0n) is 10.4. The quantitative estimate of drug-likeness (QED) is 0.808. The number of fused-ring (bicyclic) bond motifs is 2. The minimum Gasteiger partial charge on any atom is -0.347 e. The van der Waals surface area contributed by atoms with Gasteiger partial charge in [-0.3, -0.25) is 4.79 Å². The summed E-state index contributed by atoms with van der Waals surface area (Å²) in [5.41, 5.74) is 6.13. The first kappa shape index (κ1) is 11.6. The number of carbonyl (C=O) groups is 1. The Morgan fingerprint density at radius 1 is 1.50 bits per heavy atom. The van der Waals surface area contributed by atoms with Crippen LogP contribution in [0.15, 0.2) is 4.52 Å². The van der Waals surface area contributed by atoms with Crippen LogP contribution in [0.5, 0.6) is 0 Å². The van der Waals surface area contributed by atoms with Crippen molar-refractivity contribution >= 4 is 5.91 Å². The van der Waals surface area contributed by atoms with Crippen molar-refractivity contribution in [1.29, 1.82) is 0 Å². The summed E-state index contributed by atoms with van der Waals surface area (Å²) in [6.45, 7) is 2.04. The molecule has 0 spiro atoms. The lowest BCUT2D eigenvalue weighted by molar-refractivity contribution is -0.127. The van der Waals surface area contributed by atoms with E-state index in [0.29, 0.717) is 30.1 Å². The highest BCUT2D eigenvalue weighted by atomic mass is 16.5. The van der Waals surface area contributed by atoms with Gasteiger partial charge in [0.25, 0.3) is 0 Å². The molecule has 98 valence electrons. The van der Waals surface area contributed by atoms with Gasteiger partial charge in [0.15, 0.2) is 5.82 Å². The van der Waals surface area contributed by atoms with E-state index in [9.17, 15) is 4.79 Å². The number of aryl methyl sites for hydroxylation is 1. The maximum absolute atomic E-state index is 12.1. The Balaban J connectivity index is 1.59. The molecule has 2 saturated carbocycles. The molecular formula is C12H18N4O2. The first-order valence-electron chi connectivity index (χ1n) is 6.47. The van der Waals surface area contributed by atoms with Gasteiger partial charge in [0.05, 0.1) is 12.5 Å². The van der Waals surface area contributed by atoms with Crippen molar-refractivity contribution in [1.82, 2.24) is 15.5 Å². The Morgan fingerprint density at radius 2 is 2.28 bits per heavy atom. The molecule has 18 heavy (non-hydrogen) atoms. The Labute approximate surface area is 105 Å². The van der Waals surface area contributed by atoms with Crippen LogP contribution in [0.2, 0.25) is 0 Å². The van der Waals surface area contributed by atoms with E-state index in [0.717, 1.165) is 12.8 Å². The summed E-state index contributed by atoms with van der Waals surface area (Å²) in [6, 6.07) is 0.0215. The van der Waals surface area contributed by atoms with E-state index >= 15 is 0 Å². The van der Waals surface area contributed by atoms with Gasteiger partial charge in [0.2, 0.25) is 11.8 Å². The number of amides is 1. The molecule has 1 heterocycles. The highest BCUT2D eigenvalue weighted by Gasteiger charge is 2.48. The van der Waals surface area contributed by atoms with E-state index in [1.54, 1.807) is 6.92 Å². The Morgan fingerprint density at radius 3 is 2.89 bits per heavy atom. The molecule has 1 amide bonds. The normalized spacial score (nSPS) is 33.9. The summed E-state index contributed by atoms with van der Waals surface area (Å²) in [7, 11) is 0. The van der Waals surface area contributed by atoms with Gasteiger partial charge in [-0.25, -0.2) is 0 Å². The van der Waals surface area contributed by atoms with Gasteiger partial charge in [-0.1, -0.05) is 5.16 Å². The van der Waals surface area contributed by atoms with Crippen LogP contribution in [0.25, 0.3) is 0 Å². The smallest absolute Gasteiger partial charge is 0.246 e. The third-order valence-corrected chi connectivity index (χ3v) is 4.27. The van der Waals surface area contributed by atoms with E-state index in [2.05, 4.69) is 15.5 Å². The van der Waals surface area contributed by atoms with Crippen LogP contribution in [0.3, 0.4) is 0 Å². The van der Waals surface area contributed by atoms with Crippen LogP contribution in [-0.4, -0.2) is 22.1 Å². The lowest BCUT2D eigenvalue weighted by Crippen LogP contribution is -2.45. The van der Waals surface area contributed by atoms with E-state index < -0.39 is 0 Å². The fourth-order valence-electron chi connectivity index (χ4n) is 3.42. The maximum Gasteiger partial charge on any atom is 0.246 e. The van der Waals surface area contributed by atoms with Gasteiger partial charge in [-0.05, 0) is 38.0 Å². The summed E-state index contributed by atoms with van der Waals surface area (Å²) in [5, 5.41) is 6.54. The molecule has 2 fully saturated rings. The highest BCUT2D eigenvalue weighted by Crippen LogP contribution is 2.47. The van der Waals surface area contributed by atoms with Crippen molar-refractivity contribution < 1.29 is 9.32 Å². The second-order valence-electron chi connectivity index (χ2n) is 5.39. The molecule has 0 saturated heterocycles. The van der Waals surface area contributed by atoms with Crippen LogP contribution < -0.4 is 11.1 Å². The zero-order valence-corrected chi connectivity index (χ0v) is 10.4. The summed E-state index contributed by atoms with van der Waals surface area (Å²) >= 11 is 0. The first-order chi connectivity index (χ1) is 8.65. The molecule has 4 atom stereocenters. The van der Waals surface area contributed by atoms with E-state index in [4.69, 9.17) is 10.3 Å². The molecule has 2 bridgehead atoms. The Hall–Kier alpha value is -1.43. The predicted octanol–water partition coefficient (Wildman–Crippen LogP) is 0.368. The Bertz CT molecular complexity index is 457. The number of hydrogen-bond acceptors (Lipinski definition) is 5. The number of nitrogens with zero attached hydrogens (tertiary/aromatic N) is 2. The molecule has 0 radical (unpaired) electrons. The zero-order chi connectivity index (χ0) is 12.7. The second-order valence-corrected chi connectivity index (χ2v) is 5.39. The summed E-state index contributed by atoms with van der Waals surface area (Å²) < 4.78 is 4.96. The number of nitrogens with one attached hydrogen (secondary N) is 1. The molecule has 6 nitrogen and oxygen atoms in total. The second kappa shape index (κ2) is 4.35. The number of carbonyl (C=O) groups excluding carboxylic acids is 1. The fourth-order valence-corrected chi connectivity index (χ4v) is 3.42. The van der Waals surface area contributed by atoms with Crippen LogP contribution in [0.1, 0.15) is 31.0 Å². The van der Waals surface area contributed by atoms with E-state index in [1.807, 2.05) is 0 Å². The molecule has 3 N–H and O–H groups in total. The number of hydrogen-bond donors (Lipinski definition) is 2. The Kier molecular flexibility index (Phi) is 2.81. The minimum absolute atomic E-state index is 0.0215. The van der Waals surface area contributed by atoms with Crippen LogP contribution >= 0.6 is 0 Å². The van der Waals surface area contributed by atoms with Crippen molar-refractivity contribution in [3.05, 3.63) is 11.7 Å². The van der Waals surface area contributed by atoms with Crippen molar-refractivity contribution in [3.8, 4) is 0 Å². The molecule has 1 aromatic heterocycles. The lowest BCUT2D eigenvalue weighted by atomic mass is 9.84. The third-order valence-electron chi connectivity index (χ3n) is 4.27. The molecule has 0 aromatic carbocycles. The highest BCUT2D eigenvalue weighted by molar-refractivity contribution is 5.80. The van der Waals surface area contributed by atoms with Gasteiger partial charge in [0.1, 0.15) is 0 Å². The standard InChI is InChI=1S/C12H18N4O2/c1-6-15-9(18-16-6)5-14-12(17)10-7-2-3-8(4-7)11(10)13/h7-8,10-11H,2-5,13H2,1H3,(H,14,17). The van der Waals surface area contributed by atoms with Crippen LogP contribution in [0, 0.1) is 24.7 Å². The predicted molar refractivity (Wildman–Crippen MR) is 63.2 cm³/mol. The van der Waals surface area contributed by atoms with Gasteiger partial charge >= 0.3 is 0 Å². The largest absolute Gasteiger partial charge is 0.347 e. The van der Waals surface area contributed by atoms with Gasteiger partial charge in [0, 0.05) is 6.04 Å².